The van der Waals surface area contributed by atoms with Gasteiger partial charge in [0.25, 0.3) is 0 Å². The largest absolute Gasteiger partial charge is 0.333 e. The SMILES string of the molecule is NNc1ccc([N+](=O)[O-])c(Nc2c(Br)cccc2Br)n1. The van der Waals surface area contributed by atoms with Gasteiger partial charge in [-0.1, -0.05) is 6.07 Å². The third-order valence-corrected chi connectivity index (χ3v) is 3.75. The molecule has 4 N–H and O–H groups in total. The number of aromatic nitrogens is 1. The Kier molecular flexibility index (Phi) is 4.53. The van der Waals surface area contributed by atoms with E-state index in [0.29, 0.717) is 11.5 Å². The van der Waals surface area contributed by atoms with Gasteiger partial charge >= 0.3 is 5.69 Å². The van der Waals surface area contributed by atoms with Crippen LogP contribution < -0.4 is 16.6 Å². The smallest absolute Gasteiger partial charge is 0.311 e. The fourth-order valence-electron chi connectivity index (χ4n) is 1.51. The Morgan fingerprint density at radius 3 is 2.40 bits per heavy atom. The lowest BCUT2D eigenvalue weighted by Gasteiger charge is -2.11. The number of anilines is 3. The summed E-state index contributed by atoms with van der Waals surface area (Å²) in [5.74, 6) is 5.69. The van der Waals surface area contributed by atoms with E-state index in [9.17, 15) is 10.1 Å². The van der Waals surface area contributed by atoms with Crippen molar-refractivity contribution in [3.63, 3.8) is 0 Å². The van der Waals surface area contributed by atoms with Crippen LogP contribution >= 0.6 is 31.9 Å². The van der Waals surface area contributed by atoms with Gasteiger partial charge in [0.2, 0.25) is 5.82 Å². The van der Waals surface area contributed by atoms with Gasteiger partial charge in [-0.3, -0.25) is 10.1 Å². The summed E-state index contributed by atoms with van der Waals surface area (Å²) in [6.07, 6.45) is 0. The minimum Gasteiger partial charge on any atom is -0.333 e. The second-order valence-electron chi connectivity index (χ2n) is 3.69. The minimum atomic E-state index is -0.514. The molecule has 0 aliphatic carbocycles. The summed E-state index contributed by atoms with van der Waals surface area (Å²) >= 11 is 6.74. The fraction of sp³-hybridized carbons (Fsp3) is 0. The lowest BCUT2D eigenvalue weighted by atomic mass is 10.3. The topological polar surface area (TPSA) is 106 Å². The van der Waals surface area contributed by atoms with Crippen LogP contribution in [-0.4, -0.2) is 9.91 Å². The van der Waals surface area contributed by atoms with Crippen molar-refractivity contribution in [3.8, 4) is 0 Å². The van der Waals surface area contributed by atoms with Gasteiger partial charge in [-0.05, 0) is 50.1 Å². The first kappa shape index (κ1) is 14.7. The number of nitrogens with two attached hydrogens (primary N) is 1. The zero-order valence-electron chi connectivity index (χ0n) is 9.93. The molecule has 1 heterocycles. The van der Waals surface area contributed by atoms with Crippen LogP contribution in [0, 0.1) is 10.1 Å². The Balaban J connectivity index is 2.49. The normalized spacial score (nSPS) is 10.2. The molecule has 0 radical (unpaired) electrons. The van der Waals surface area contributed by atoms with Crippen LogP contribution in [-0.2, 0) is 0 Å². The zero-order valence-corrected chi connectivity index (χ0v) is 13.1. The maximum absolute atomic E-state index is 11.0. The van der Waals surface area contributed by atoms with Crippen molar-refractivity contribution < 1.29 is 4.92 Å². The number of hydrogen-bond donors (Lipinski definition) is 3. The van der Waals surface area contributed by atoms with Gasteiger partial charge in [-0.2, -0.15) is 0 Å². The molecule has 104 valence electrons. The number of halogens is 2. The van der Waals surface area contributed by atoms with E-state index in [1.54, 1.807) is 0 Å². The van der Waals surface area contributed by atoms with Crippen molar-refractivity contribution in [3.05, 3.63) is 49.4 Å². The Morgan fingerprint density at radius 2 is 1.85 bits per heavy atom. The van der Waals surface area contributed by atoms with Crippen molar-refractivity contribution in [2.45, 2.75) is 0 Å². The molecule has 0 aliphatic heterocycles. The zero-order chi connectivity index (χ0) is 14.7. The highest BCUT2D eigenvalue weighted by Gasteiger charge is 2.18. The van der Waals surface area contributed by atoms with E-state index < -0.39 is 4.92 Å². The van der Waals surface area contributed by atoms with E-state index in [1.165, 1.54) is 12.1 Å². The van der Waals surface area contributed by atoms with Gasteiger partial charge in [0.05, 0.1) is 10.6 Å². The van der Waals surface area contributed by atoms with Crippen molar-refractivity contribution in [2.75, 3.05) is 10.7 Å². The Morgan fingerprint density at radius 1 is 1.20 bits per heavy atom. The highest BCUT2D eigenvalue weighted by Crippen LogP contribution is 2.35. The average Bonchev–Trinajstić information content (AvgIpc) is 2.42. The van der Waals surface area contributed by atoms with E-state index in [-0.39, 0.29) is 11.5 Å². The number of para-hydroxylation sites is 1. The number of rotatable bonds is 4. The van der Waals surface area contributed by atoms with Crippen molar-refractivity contribution in [1.82, 2.24) is 4.98 Å². The molecule has 1 aromatic carbocycles. The summed E-state index contributed by atoms with van der Waals surface area (Å²) in [6.45, 7) is 0. The van der Waals surface area contributed by atoms with Crippen LogP contribution in [0.15, 0.2) is 39.3 Å². The third kappa shape index (κ3) is 3.06. The van der Waals surface area contributed by atoms with Crippen LogP contribution in [0.5, 0.6) is 0 Å². The molecule has 0 saturated carbocycles. The van der Waals surface area contributed by atoms with Crippen LogP contribution in [0.2, 0.25) is 0 Å². The van der Waals surface area contributed by atoms with Gasteiger partial charge in [-0.15, -0.1) is 0 Å². The van der Waals surface area contributed by atoms with E-state index in [4.69, 9.17) is 5.84 Å². The summed E-state index contributed by atoms with van der Waals surface area (Å²) in [7, 11) is 0. The van der Waals surface area contributed by atoms with E-state index >= 15 is 0 Å². The molecular formula is C11H9Br2N5O2. The number of nitrogens with one attached hydrogen (secondary N) is 2. The van der Waals surface area contributed by atoms with Gasteiger partial charge in [-0.25, -0.2) is 10.8 Å². The van der Waals surface area contributed by atoms with E-state index in [1.807, 2.05) is 18.2 Å². The lowest BCUT2D eigenvalue weighted by molar-refractivity contribution is -0.384. The number of nitro groups is 1. The van der Waals surface area contributed by atoms with Crippen molar-refractivity contribution in [1.29, 1.82) is 0 Å². The predicted octanol–water partition coefficient (Wildman–Crippen LogP) is 3.54. The summed E-state index contributed by atoms with van der Waals surface area (Å²) in [4.78, 5) is 14.6. The first-order chi connectivity index (χ1) is 9.52. The molecule has 20 heavy (non-hydrogen) atoms. The average molecular weight is 403 g/mol. The van der Waals surface area contributed by atoms with Gasteiger partial charge < -0.3 is 10.7 Å². The van der Waals surface area contributed by atoms with Gasteiger partial charge in [0.1, 0.15) is 5.82 Å². The number of benzene rings is 1. The summed E-state index contributed by atoms with van der Waals surface area (Å²) in [5, 5.41) is 14.0. The van der Waals surface area contributed by atoms with Crippen LogP contribution in [0.4, 0.5) is 23.0 Å². The van der Waals surface area contributed by atoms with Crippen molar-refractivity contribution in [2.24, 2.45) is 5.84 Å². The molecule has 2 rings (SSSR count). The first-order valence-corrected chi connectivity index (χ1v) is 6.94. The van der Waals surface area contributed by atoms with Gasteiger partial charge in [0, 0.05) is 15.0 Å². The molecule has 9 heteroatoms. The standard InChI is InChI=1S/C11H9Br2N5O2/c12-6-2-1-3-7(13)10(6)16-11-8(18(19)20)4-5-9(15-11)17-14/h1-5H,14H2,(H2,15,16,17). The molecule has 0 amide bonds. The highest BCUT2D eigenvalue weighted by molar-refractivity contribution is 9.11. The summed E-state index contributed by atoms with van der Waals surface area (Å²) < 4.78 is 1.49. The second kappa shape index (κ2) is 6.16. The third-order valence-electron chi connectivity index (χ3n) is 2.42. The summed E-state index contributed by atoms with van der Waals surface area (Å²) in [5.41, 5.74) is 2.84. The number of hydrogen-bond acceptors (Lipinski definition) is 6. The Hall–Kier alpha value is -1.71. The molecule has 0 saturated heterocycles. The second-order valence-corrected chi connectivity index (χ2v) is 5.40. The Labute approximate surface area is 131 Å². The predicted molar refractivity (Wildman–Crippen MR) is 83.8 cm³/mol. The first-order valence-electron chi connectivity index (χ1n) is 5.36. The van der Waals surface area contributed by atoms with Crippen LogP contribution in [0.25, 0.3) is 0 Å². The molecule has 0 aliphatic rings. The van der Waals surface area contributed by atoms with E-state index in [0.717, 1.165) is 8.95 Å². The van der Waals surface area contributed by atoms with Crippen LogP contribution in [0.3, 0.4) is 0 Å². The Bertz CT molecular complexity index is 645. The molecule has 7 nitrogen and oxygen atoms in total. The number of nitrogens with zero attached hydrogens (tertiary/aromatic N) is 2. The highest BCUT2D eigenvalue weighted by atomic mass is 79.9. The van der Waals surface area contributed by atoms with Crippen LogP contribution in [0.1, 0.15) is 0 Å². The maximum Gasteiger partial charge on any atom is 0.311 e. The lowest BCUT2D eigenvalue weighted by Crippen LogP contribution is -2.10. The molecule has 0 unspecified atom stereocenters. The number of pyridine rings is 1. The summed E-state index contributed by atoms with van der Waals surface area (Å²) in [6, 6.07) is 8.21. The maximum atomic E-state index is 11.0. The fourth-order valence-corrected chi connectivity index (χ4v) is 2.70. The molecule has 0 spiro atoms. The molecule has 2 aromatic rings. The van der Waals surface area contributed by atoms with Gasteiger partial charge in [0.15, 0.2) is 0 Å². The monoisotopic (exact) mass is 401 g/mol. The minimum absolute atomic E-state index is 0.0954. The molecule has 1 aromatic heterocycles. The van der Waals surface area contributed by atoms with E-state index in [2.05, 4.69) is 47.6 Å². The molecule has 0 fully saturated rings. The molecule has 0 atom stereocenters. The van der Waals surface area contributed by atoms with Crippen molar-refractivity contribution >= 4 is 54.9 Å². The molecule has 0 bridgehead atoms. The molecular weight excluding hydrogens is 394 g/mol. The quantitative estimate of drug-likeness (QED) is 0.410. The number of nitrogen functional groups attached to an aromatic ring is 1. The number of hydrazine groups is 1.